The summed E-state index contributed by atoms with van der Waals surface area (Å²) in [6.07, 6.45) is 4.78. The molecule has 2 rings (SSSR count). The van der Waals surface area contributed by atoms with Gasteiger partial charge < -0.3 is 19.9 Å². The van der Waals surface area contributed by atoms with E-state index in [0.29, 0.717) is 12.6 Å². The molecule has 0 aliphatic heterocycles. The Morgan fingerprint density at radius 3 is 2.73 bits per heavy atom. The van der Waals surface area contributed by atoms with Crippen molar-refractivity contribution in [3.63, 3.8) is 0 Å². The van der Waals surface area contributed by atoms with Crippen LogP contribution >= 0.6 is 0 Å². The summed E-state index contributed by atoms with van der Waals surface area (Å²) >= 11 is 0. The van der Waals surface area contributed by atoms with Gasteiger partial charge in [0.25, 0.3) is 0 Å². The molecule has 118 valence electrons. The topological polar surface area (TPSA) is 75.0 Å². The van der Waals surface area contributed by atoms with Crippen molar-refractivity contribution < 1.29 is 4.74 Å². The smallest absolute Gasteiger partial charge is 0.192 e. The van der Waals surface area contributed by atoms with Crippen molar-refractivity contribution in [2.45, 2.75) is 26.8 Å². The zero-order valence-electron chi connectivity index (χ0n) is 13.1. The van der Waals surface area contributed by atoms with Crippen LogP contribution in [0, 0.1) is 12.3 Å². The molecule has 6 nitrogen and oxygen atoms in total. The Kier molecular flexibility index (Phi) is 5.82. The largest absolute Gasteiger partial charge is 0.494 e. The van der Waals surface area contributed by atoms with Crippen molar-refractivity contribution in [3.05, 3.63) is 42.5 Å². The highest BCUT2D eigenvalue weighted by atomic mass is 16.5. The van der Waals surface area contributed by atoms with Gasteiger partial charge in [-0.2, -0.15) is 0 Å². The van der Waals surface area contributed by atoms with Crippen molar-refractivity contribution in [2.24, 2.45) is 0 Å². The molecule has 0 amide bonds. The van der Waals surface area contributed by atoms with Gasteiger partial charge >= 0.3 is 0 Å². The number of benzene rings is 1. The Labute approximate surface area is 131 Å². The third-order valence-corrected chi connectivity index (χ3v) is 3.09. The number of nitrogens with zero attached hydrogens (tertiary/aromatic N) is 2. The highest BCUT2D eigenvalue weighted by molar-refractivity contribution is 5.91. The van der Waals surface area contributed by atoms with Gasteiger partial charge in [-0.1, -0.05) is 0 Å². The monoisotopic (exact) mass is 301 g/mol. The summed E-state index contributed by atoms with van der Waals surface area (Å²) in [5, 5.41) is 13.9. The average molecular weight is 301 g/mol. The first-order valence-corrected chi connectivity index (χ1v) is 7.48. The number of hydrogen-bond acceptors (Lipinski definition) is 3. The first kappa shape index (κ1) is 15.9. The summed E-state index contributed by atoms with van der Waals surface area (Å²) in [5.41, 5.74) is 1.89. The minimum absolute atomic E-state index is 0.297. The second kappa shape index (κ2) is 8.07. The Hall–Kier alpha value is -2.50. The first-order valence-electron chi connectivity index (χ1n) is 7.48. The van der Waals surface area contributed by atoms with E-state index in [-0.39, 0.29) is 0 Å². The van der Waals surface area contributed by atoms with Gasteiger partial charge in [-0.15, -0.1) is 0 Å². The van der Waals surface area contributed by atoms with Gasteiger partial charge in [0.05, 0.1) is 18.6 Å². The Morgan fingerprint density at radius 1 is 1.32 bits per heavy atom. The van der Waals surface area contributed by atoms with Crippen LogP contribution in [-0.4, -0.2) is 28.7 Å². The number of rotatable bonds is 7. The molecule has 6 heteroatoms. The molecule has 0 saturated heterocycles. The molecule has 2 aromatic rings. The lowest BCUT2D eigenvalue weighted by molar-refractivity contribution is 0.340. The zero-order valence-corrected chi connectivity index (χ0v) is 13.1. The number of imidazole rings is 1. The minimum atomic E-state index is 0.297. The van der Waals surface area contributed by atoms with Crippen LogP contribution in [0.4, 0.5) is 5.69 Å². The van der Waals surface area contributed by atoms with Gasteiger partial charge in [-0.3, -0.25) is 5.41 Å². The first-order chi connectivity index (χ1) is 10.7. The number of aromatic nitrogens is 2. The number of aryl methyl sites for hydroxylation is 2. The zero-order chi connectivity index (χ0) is 15.8. The van der Waals surface area contributed by atoms with Gasteiger partial charge in [0.2, 0.25) is 0 Å². The number of hydrogen-bond donors (Lipinski definition) is 3. The molecule has 0 radical (unpaired) electrons. The molecule has 0 fully saturated rings. The van der Waals surface area contributed by atoms with E-state index < -0.39 is 0 Å². The van der Waals surface area contributed by atoms with Gasteiger partial charge in [0, 0.05) is 25.0 Å². The fourth-order valence-electron chi connectivity index (χ4n) is 2.06. The summed E-state index contributed by atoms with van der Waals surface area (Å²) in [6, 6.07) is 7.58. The summed E-state index contributed by atoms with van der Waals surface area (Å²) in [6.45, 7) is 6.22. The molecule has 0 unspecified atom stereocenters. The van der Waals surface area contributed by atoms with Gasteiger partial charge in [-0.25, -0.2) is 4.98 Å². The lowest BCUT2D eigenvalue weighted by atomic mass is 10.3. The highest BCUT2D eigenvalue weighted by Crippen LogP contribution is 2.15. The second-order valence-electron chi connectivity index (χ2n) is 4.99. The second-order valence-corrected chi connectivity index (χ2v) is 4.99. The van der Waals surface area contributed by atoms with E-state index in [4.69, 9.17) is 10.1 Å². The van der Waals surface area contributed by atoms with E-state index in [1.807, 2.05) is 50.6 Å². The Bertz CT molecular complexity index is 591. The van der Waals surface area contributed by atoms with Gasteiger partial charge in [-0.05, 0) is 44.5 Å². The lowest BCUT2D eigenvalue weighted by Crippen LogP contribution is -2.30. The van der Waals surface area contributed by atoms with Gasteiger partial charge in [0.15, 0.2) is 5.96 Å². The van der Waals surface area contributed by atoms with E-state index in [9.17, 15) is 0 Å². The van der Waals surface area contributed by atoms with Crippen LogP contribution in [-0.2, 0) is 6.54 Å². The number of ether oxygens (including phenoxy) is 1. The molecule has 0 spiro atoms. The molecule has 0 aliphatic carbocycles. The van der Waals surface area contributed by atoms with E-state index in [1.54, 1.807) is 0 Å². The molecule has 22 heavy (non-hydrogen) atoms. The predicted molar refractivity (Wildman–Crippen MR) is 88.5 cm³/mol. The van der Waals surface area contributed by atoms with Crippen molar-refractivity contribution >= 4 is 11.6 Å². The Morgan fingerprint density at radius 2 is 2.09 bits per heavy atom. The van der Waals surface area contributed by atoms with E-state index in [0.717, 1.165) is 36.6 Å². The Balaban J connectivity index is 1.66. The molecular formula is C16H23N5O. The SMILES string of the molecule is CCOc1ccc(NC(=N)NCCCn2cnc(C)c2)cc1. The third-order valence-electron chi connectivity index (χ3n) is 3.09. The standard InChI is InChI=1S/C16H23N5O/c1-3-22-15-7-5-14(6-8-15)20-16(17)18-9-4-10-21-11-13(2)19-12-21/h5-8,11-12H,3-4,9-10H2,1-2H3,(H3,17,18,20). The summed E-state index contributed by atoms with van der Waals surface area (Å²) in [7, 11) is 0. The van der Waals surface area contributed by atoms with Crippen LogP contribution in [0.5, 0.6) is 5.75 Å². The normalized spacial score (nSPS) is 10.3. The van der Waals surface area contributed by atoms with Crippen LogP contribution in [0.2, 0.25) is 0 Å². The van der Waals surface area contributed by atoms with Crippen LogP contribution in [0.1, 0.15) is 19.0 Å². The molecule has 1 aromatic carbocycles. The number of nitrogens with one attached hydrogen (secondary N) is 3. The van der Waals surface area contributed by atoms with Crippen molar-refractivity contribution in [2.75, 3.05) is 18.5 Å². The maximum absolute atomic E-state index is 7.88. The lowest BCUT2D eigenvalue weighted by Gasteiger charge is -2.11. The minimum Gasteiger partial charge on any atom is -0.494 e. The summed E-state index contributed by atoms with van der Waals surface area (Å²) in [4.78, 5) is 4.18. The van der Waals surface area contributed by atoms with Crippen molar-refractivity contribution in [1.82, 2.24) is 14.9 Å². The molecular weight excluding hydrogens is 278 g/mol. The van der Waals surface area contributed by atoms with E-state index >= 15 is 0 Å². The van der Waals surface area contributed by atoms with Crippen molar-refractivity contribution in [1.29, 1.82) is 5.41 Å². The highest BCUT2D eigenvalue weighted by Gasteiger charge is 1.99. The van der Waals surface area contributed by atoms with Crippen LogP contribution < -0.4 is 15.4 Å². The predicted octanol–water partition coefficient (Wildman–Crippen LogP) is 2.62. The molecule has 3 N–H and O–H groups in total. The van der Waals surface area contributed by atoms with Crippen LogP contribution in [0.3, 0.4) is 0 Å². The van der Waals surface area contributed by atoms with Crippen molar-refractivity contribution in [3.8, 4) is 5.75 Å². The van der Waals surface area contributed by atoms with Gasteiger partial charge in [0.1, 0.15) is 5.75 Å². The molecule has 1 heterocycles. The van der Waals surface area contributed by atoms with Crippen LogP contribution in [0.25, 0.3) is 0 Å². The average Bonchev–Trinajstić information content (AvgIpc) is 2.92. The fourth-order valence-corrected chi connectivity index (χ4v) is 2.06. The maximum atomic E-state index is 7.88. The van der Waals surface area contributed by atoms with Crippen LogP contribution in [0.15, 0.2) is 36.8 Å². The van der Waals surface area contributed by atoms with E-state index in [1.165, 1.54) is 0 Å². The molecule has 0 bridgehead atoms. The van der Waals surface area contributed by atoms with E-state index in [2.05, 4.69) is 20.2 Å². The maximum Gasteiger partial charge on any atom is 0.192 e. The molecule has 0 saturated carbocycles. The number of anilines is 1. The molecule has 0 atom stereocenters. The number of guanidine groups is 1. The molecule has 0 aliphatic rings. The third kappa shape index (κ3) is 5.12. The fraction of sp³-hybridized carbons (Fsp3) is 0.375. The quantitative estimate of drug-likeness (QED) is 0.417. The summed E-state index contributed by atoms with van der Waals surface area (Å²) < 4.78 is 7.44. The molecule has 1 aromatic heterocycles. The summed E-state index contributed by atoms with van der Waals surface area (Å²) in [5.74, 6) is 1.13.